The summed E-state index contributed by atoms with van der Waals surface area (Å²) < 4.78 is 13.2. The zero-order valence-corrected chi connectivity index (χ0v) is 9.06. The molecule has 2 nitrogen and oxygen atoms in total. The molecule has 1 N–H and O–H groups in total. The summed E-state index contributed by atoms with van der Waals surface area (Å²) in [5, 5.41) is 2.58. The van der Waals surface area contributed by atoms with E-state index < -0.39 is 11.7 Å². The highest BCUT2D eigenvalue weighted by Crippen LogP contribution is 2.13. The highest BCUT2D eigenvalue weighted by atomic mass is 32.1. The molecular formula is C11H12FNOS. The molecule has 0 aliphatic carbocycles. The van der Waals surface area contributed by atoms with E-state index >= 15 is 0 Å². The Morgan fingerprint density at radius 3 is 3.00 bits per heavy atom. The van der Waals surface area contributed by atoms with Gasteiger partial charge in [0, 0.05) is 11.4 Å². The Labute approximate surface area is 93.6 Å². The molecule has 0 fully saturated rings. The molecule has 0 saturated carbocycles. The average Bonchev–Trinajstić information content (AvgIpc) is 2.22. The van der Waals surface area contributed by atoms with Crippen LogP contribution in [0.1, 0.15) is 16.8 Å². The van der Waals surface area contributed by atoms with Gasteiger partial charge < -0.3 is 5.32 Å². The molecule has 0 atom stereocenters. The van der Waals surface area contributed by atoms with Gasteiger partial charge in [-0.15, -0.1) is 19.2 Å². The molecule has 1 aromatic carbocycles. The zero-order chi connectivity index (χ0) is 11.3. The van der Waals surface area contributed by atoms with Crippen LogP contribution in [0.2, 0.25) is 0 Å². The molecular weight excluding hydrogens is 213 g/mol. The van der Waals surface area contributed by atoms with Crippen molar-refractivity contribution in [2.45, 2.75) is 11.3 Å². The van der Waals surface area contributed by atoms with Gasteiger partial charge in [0.15, 0.2) is 0 Å². The van der Waals surface area contributed by atoms with E-state index in [0.717, 1.165) is 0 Å². The van der Waals surface area contributed by atoms with Gasteiger partial charge in [-0.3, -0.25) is 4.79 Å². The number of amides is 1. The molecule has 0 aliphatic heterocycles. The minimum atomic E-state index is -0.538. The Bertz CT molecular complexity index is 379. The van der Waals surface area contributed by atoms with Crippen LogP contribution in [0.4, 0.5) is 4.39 Å². The van der Waals surface area contributed by atoms with Crippen LogP contribution in [0.15, 0.2) is 35.7 Å². The largest absolute Gasteiger partial charge is 0.352 e. The fraction of sp³-hybridized carbons (Fsp3) is 0.182. The van der Waals surface area contributed by atoms with Crippen LogP contribution in [0.3, 0.4) is 0 Å². The number of hydrogen-bond donors (Lipinski definition) is 2. The Morgan fingerprint density at radius 1 is 1.60 bits per heavy atom. The van der Waals surface area contributed by atoms with E-state index in [4.69, 9.17) is 0 Å². The molecule has 0 unspecified atom stereocenters. The van der Waals surface area contributed by atoms with E-state index in [1.54, 1.807) is 6.08 Å². The van der Waals surface area contributed by atoms with Gasteiger partial charge in [-0.1, -0.05) is 6.08 Å². The number of halogens is 1. The second-order valence-electron chi connectivity index (χ2n) is 3.00. The topological polar surface area (TPSA) is 29.1 Å². The zero-order valence-electron chi connectivity index (χ0n) is 8.16. The Hall–Kier alpha value is -1.29. The van der Waals surface area contributed by atoms with Crippen molar-refractivity contribution in [1.29, 1.82) is 0 Å². The molecule has 0 saturated heterocycles. The lowest BCUT2D eigenvalue weighted by molar-refractivity contribution is 0.0950. The lowest BCUT2D eigenvalue weighted by Crippen LogP contribution is -2.25. The number of carbonyl (C=O) groups excluding carboxylic acids is 1. The van der Waals surface area contributed by atoms with E-state index in [1.165, 1.54) is 18.2 Å². The summed E-state index contributed by atoms with van der Waals surface area (Å²) >= 11 is 4.04. The lowest BCUT2D eigenvalue weighted by Gasteiger charge is -2.05. The van der Waals surface area contributed by atoms with Crippen molar-refractivity contribution in [3.63, 3.8) is 0 Å². The van der Waals surface area contributed by atoms with Gasteiger partial charge >= 0.3 is 0 Å². The molecule has 80 valence electrons. The van der Waals surface area contributed by atoms with Gasteiger partial charge in [-0.2, -0.15) is 0 Å². The molecule has 0 radical (unpaired) electrons. The second-order valence-corrected chi connectivity index (χ2v) is 3.51. The third-order valence-electron chi connectivity index (χ3n) is 1.83. The summed E-state index contributed by atoms with van der Waals surface area (Å²) in [6.07, 6.45) is 2.35. The smallest absolute Gasteiger partial charge is 0.254 e. The summed E-state index contributed by atoms with van der Waals surface area (Å²) in [6.45, 7) is 3.98. The fourth-order valence-electron chi connectivity index (χ4n) is 1.07. The van der Waals surface area contributed by atoms with Gasteiger partial charge in [-0.05, 0) is 24.6 Å². The molecule has 0 aromatic heterocycles. The van der Waals surface area contributed by atoms with Crippen molar-refractivity contribution >= 4 is 18.5 Å². The maximum atomic E-state index is 13.2. The fourth-order valence-corrected chi connectivity index (χ4v) is 1.27. The Balaban J connectivity index is 2.72. The van der Waals surface area contributed by atoms with Crippen molar-refractivity contribution < 1.29 is 9.18 Å². The SMILES string of the molecule is C=CCCNC(=O)c1cc(S)ccc1F. The predicted octanol–water partition coefficient (Wildman–Crippen LogP) is 2.42. The van der Waals surface area contributed by atoms with E-state index in [0.29, 0.717) is 17.9 Å². The first-order valence-electron chi connectivity index (χ1n) is 4.52. The first kappa shape index (κ1) is 11.8. The number of hydrogen-bond acceptors (Lipinski definition) is 2. The molecule has 4 heteroatoms. The summed E-state index contributed by atoms with van der Waals surface area (Å²) in [5.41, 5.74) is 0.0200. The average molecular weight is 225 g/mol. The van der Waals surface area contributed by atoms with E-state index in [2.05, 4.69) is 24.5 Å². The predicted molar refractivity (Wildman–Crippen MR) is 60.8 cm³/mol. The molecule has 15 heavy (non-hydrogen) atoms. The number of thiol groups is 1. The van der Waals surface area contributed by atoms with Gasteiger partial charge in [0.25, 0.3) is 5.91 Å². The van der Waals surface area contributed by atoms with Crippen LogP contribution in [-0.4, -0.2) is 12.5 Å². The van der Waals surface area contributed by atoms with Crippen molar-refractivity contribution in [1.82, 2.24) is 5.32 Å². The van der Waals surface area contributed by atoms with Gasteiger partial charge in [0.1, 0.15) is 5.82 Å². The molecule has 1 amide bonds. The highest BCUT2D eigenvalue weighted by Gasteiger charge is 2.10. The number of nitrogens with one attached hydrogen (secondary N) is 1. The Morgan fingerprint density at radius 2 is 2.33 bits per heavy atom. The lowest BCUT2D eigenvalue weighted by atomic mass is 10.2. The minimum absolute atomic E-state index is 0.0200. The minimum Gasteiger partial charge on any atom is -0.352 e. The number of benzene rings is 1. The molecule has 0 bridgehead atoms. The van der Waals surface area contributed by atoms with Crippen LogP contribution >= 0.6 is 12.6 Å². The quantitative estimate of drug-likeness (QED) is 0.460. The third-order valence-corrected chi connectivity index (χ3v) is 2.11. The monoisotopic (exact) mass is 225 g/mol. The first-order valence-corrected chi connectivity index (χ1v) is 4.97. The molecule has 1 rings (SSSR count). The molecule has 0 spiro atoms. The first-order chi connectivity index (χ1) is 7.15. The third kappa shape index (κ3) is 3.40. The van der Waals surface area contributed by atoms with Crippen molar-refractivity contribution in [3.8, 4) is 0 Å². The van der Waals surface area contributed by atoms with Crippen molar-refractivity contribution in [2.24, 2.45) is 0 Å². The van der Waals surface area contributed by atoms with Gasteiger partial charge in [0.05, 0.1) is 5.56 Å². The molecule has 0 heterocycles. The van der Waals surface area contributed by atoms with Gasteiger partial charge in [-0.25, -0.2) is 4.39 Å². The maximum Gasteiger partial charge on any atom is 0.254 e. The van der Waals surface area contributed by atoms with Crippen molar-refractivity contribution in [2.75, 3.05) is 6.54 Å². The van der Waals surface area contributed by atoms with Crippen LogP contribution in [0, 0.1) is 5.82 Å². The standard InChI is InChI=1S/C11H12FNOS/c1-2-3-6-13-11(14)9-7-8(15)4-5-10(9)12/h2,4-5,7,15H,1,3,6H2,(H,13,14). The molecule has 0 aliphatic rings. The van der Waals surface area contributed by atoms with Crippen LogP contribution < -0.4 is 5.32 Å². The summed E-state index contributed by atoms with van der Waals surface area (Å²) in [5.74, 6) is -0.964. The molecule has 1 aromatic rings. The van der Waals surface area contributed by atoms with Crippen LogP contribution in [0.5, 0.6) is 0 Å². The summed E-state index contributed by atoms with van der Waals surface area (Å²) in [7, 11) is 0. The van der Waals surface area contributed by atoms with Gasteiger partial charge in [0.2, 0.25) is 0 Å². The summed E-state index contributed by atoms with van der Waals surface area (Å²) in [4.78, 5) is 12.0. The number of carbonyl (C=O) groups is 1. The summed E-state index contributed by atoms with van der Waals surface area (Å²) in [6, 6.07) is 4.13. The van der Waals surface area contributed by atoms with E-state index in [-0.39, 0.29) is 5.56 Å². The van der Waals surface area contributed by atoms with Crippen LogP contribution in [0.25, 0.3) is 0 Å². The van der Waals surface area contributed by atoms with E-state index in [1.807, 2.05) is 0 Å². The Kier molecular flexibility index (Phi) is 4.37. The second kappa shape index (κ2) is 5.56. The van der Waals surface area contributed by atoms with E-state index in [9.17, 15) is 9.18 Å². The maximum absolute atomic E-state index is 13.2. The normalized spacial score (nSPS) is 9.73. The van der Waals surface area contributed by atoms with Crippen LogP contribution in [-0.2, 0) is 0 Å². The highest BCUT2D eigenvalue weighted by molar-refractivity contribution is 7.80. The van der Waals surface area contributed by atoms with Crippen molar-refractivity contribution in [3.05, 3.63) is 42.2 Å². The number of rotatable bonds is 4.